The molecular formula is C13H17NO3. The lowest BCUT2D eigenvalue weighted by molar-refractivity contribution is 0.190. The van der Waals surface area contributed by atoms with Gasteiger partial charge in [0, 0.05) is 13.2 Å². The van der Waals surface area contributed by atoms with Gasteiger partial charge >= 0.3 is 0 Å². The third kappa shape index (κ3) is 3.76. The van der Waals surface area contributed by atoms with Crippen LogP contribution in [-0.4, -0.2) is 23.2 Å². The molecule has 0 unspecified atom stereocenters. The molecule has 0 spiro atoms. The smallest absolute Gasteiger partial charge is 0.117 e. The molecule has 4 heteroatoms. The summed E-state index contributed by atoms with van der Waals surface area (Å²) in [6, 6.07) is 7.67. The SMILES string of the molecule is OCCCN(Cc1ccco1)Cc1ccco1. The van der Waals surface area contributed by atoms with Crippen molar-refractivity contribution < 1.29 is 13.9 Å². The molecule has 0 aromatic carbocycles. The van der Waals surface area contributed by atoms with Gasteiger partial charge in [-0.05, 0) is 30.7 Å². The Hall–Kier alpha value is -1.52. The summed E-state index contributed by atoms with van der Waals surface area (Å²) in [5.41, 5.74) is 0. The summed E-state index contributed by atoms with van der Waals surface area (Å²) in [6.07, 6.45) is 4.10. The van der Waals surface area contributed by atoms with Crippen LogP contribution in [0, 0.1) is 0 Å². The molecule has 0 aliphatic heterocycles. The van der Waals surface area contributed by atoms with Gasteiger partial charge in [0.2, 0.25) is 0 Å². The minimum absolute atomic E-state index is 0.201. The van der Waals surface area contributed by atoms with E-state index in [4.69, 9.17) is 13.9 Å². The van der Waals surface area contributed by atoms with Crippen LogP contribution in [0.5, 0.6) is 0 Å². The third-order valence-electron chi connectivity index (χ3n) is 2.55. The molecule has 2 aromatic rings. The molecule has 0 aliphatic rings. The standard InChI is InChI=1S/C13H17NO3/c15-7-3-6-14(10-12-4-1-8-16-12)11-13-5-2-9-17-13/h1-2,4-5,8-9,15H,3,6-7,10-11H2. The second-order valence-electron chi connectivity index (χ2n) is 3.95. The van der Waals surface area contributed by atoms with Crippen LogP contribution in [0.1, 0.15) is 17.9 Å². The largest absolute Gasteiger partial charge is 0.468 e. The molecule has 0 aliphatic carbocycles. The van der Waals surface area contributed by atoms with Crippen LogP contribution in [0.25, 0.3) is 0 Å². The van der Waals surface area contributed by atoms with Gasteiger partial charge in [-0.1, -0.05) is 0 Å². The molecule has 4 nitrogen and oxygen atoms in total. The van der Waals surface area contributed by atoms with Crippen molar-refractivity contribution in [3.05, 3.63) is 48.3 Å². The zero-order valence-corrected chi connectivity index (χ0v) is 9.71. The highest BCUT2D eigenvalue weighted by Crippen LogP contribution is 2.11. The second-order valence-corrected chi connectivity index (χ2v) is 3.95. The maximum atomic E-state index is 8.89. The van der Waals surface area contributed by atoms with Gasteiger partial charge < -0.3 is 13.9 Å². The first-order valence-electron chi connectivity index (χ1n) is 5.76. The lowest BCUT2D eigenvalue weighted by Gasteiger charge is -2.19. The topological polar surface area (TPSA) is 49.8 Å². The number of rotatable bonds is 7. The zero-order valence-electron chi connectivity index (χ0n) is 9.71. The van der Waals surface area contributed by atoms with Crippen LogP contribution >= 0.6 is 0 Å². The Bertz CT molecular complexity index is 358. The molecule has 0 amide bonds. The van der Waals surface area contributed by atoms with E-state index in [-0.39, 0.29) is 6.61 Å². The lowest BCUT2D eigenvalue weighted by atomic mass is 10.3. The van der Waals surface area contributed by atoms with Gasteiger partial charge in [-0.3, -0.25) is 4.90 Å². The molecule has 1 N–H and O–H groups in total. The summed E-state index contributed by atoms with van der Waals surface area (Å²) < 4.78 is 10.7. The molecule has 0 radical (unpaired) electrons. The number of hydrogen-bond donors (Lipinski definition) is 1. The van der Waals surface area contributed by atoms with Gasteiger partial charge in [-0.2, -0.15) is 0 Å². The summed E-state index contributed by atoms with van der Waals surface area (Å²) in [7, 11) is 0. The summed E-state index contributed by atoms with van der Waals surface area (Å²) in [5, 5.41) is 8.89. The minimum atomic E-state index is 0.201. The summed E-state index contributed by atoms with van der Waals surface area (Å²) in [5.74, 6) is 1.85. The highest BCUT2D eigenvalue weighted by atomic mass is 16.3. The maximum absolute atomic E-state index is 8.89. The molecule has 0 bridgehead atoms. The fraction of sp³-hybridized carbons (Fsp3) is 0.385. The quantitative estimate of drug-likeness (QED) is 0.799. The molecule has 0 atom stereocenters. The predicted octanol–water partition coefficient (Wildman–Crippen LogP) is 2.26. The van der Waals surface area contributed by atoms with E-state index in [1.165, 1.54) is 0 Å². The van der Waals surface area contributed by atoms with E-state index in [2.05, 4.69) is 4.90 Å². The van der Waals surface area contributed by atoms with Gasteiger partial charge in [0.25, 0.3) is 0 Å². The number of hydrogen-bond acceptors (Lipinski definition) is 4. The molecular weight excluding hydrogens is 218 g/mol. The van der Waals surface area contributed by atoms with Crippen LogP contribution < -0.4 is 0 Å². The van der Waals surface area contributed by atoms with E-state index in [0.717, 1.165) is 37.6 Å². The fourth-order valence-electron chi connectivity index (χ4n) is 1.75. The fourth-order valence-corrected chi connectivity index (χ4v) is 1.75. The van der Waals surface area contributed by atoms with E-state index >= 15 is 0 Å². The predicted molar refractivity (Wildman–Crippen MR) is 63.2 cm³/mol. The molecule has 0 saturated heterocycles. The Morgan fingerprint density at radius 3 is 2.00 bits per heavy atom. The van der Waals surface area contributed by atoms with Gasteiger partial charge in [-0.15, -0.1) is 0 Å². The highest BCUT2D eigenvalue weighted by molar-refractivity contribution is 5.01. The Balaban J connectivity index is 1.92. The minimum Gasteiger partial charge on any atom is -0.468 e. The molecule has 0 fully saturated rings. The lowest BCUT2D eigenvalue weighted by Crippen LogP contribution is -2.24. The Morgan fingerprint density at radius 1 is 1.00 bits per heavy atom. The molecule has 0 saturated carbocycles. The number of aliphatic hydroxyl groups is 1. The first-order valence-corrected chi connectivity index (χ1v) is 5.76. The van der Waals surface area contributed by atoms with Crippen LogP contribution in [-0.2, 0) is 13.1 Å². The average molecular weight is 235 g/mol. The van der Waals surface area contributed by atoms with Crippen molar-refractivity contribution in [3.63, 3.8) is 0 Å². The third-order valence-corrected chi connectivity index (χ3v) is 2.55. The molecule has 2 rings (SSSR count). The normalized spacial score (nSPS) is 11.2. The second kappa shape index (κ2) is 6.27. The highest BCUT2D eigenvalue weighted by Gasteiger charge is 2.09. The van der Waals surface area contributed by atoms with Crippen LogP contribution in [0.15, 0.2) is 45.6 Å². The maximum Gasteiger partial charge on any atom is 0.117 e. The van der Waals surface area contributed by atoms with Crippen LogP contribution in [0.4, 0.5) is 0 Å². The average Bonchev–Trinajstić information content (AvgIpc) is 2.99. The number of aliphatic hydroxyl groups excluding tert-OH is 1. The van der Waals surface area contributed by atoms with Gasteiger partial charge in [0.05, 0.1) is 25.6 Å². The Labute approximate surface area is 100 Å². The summed E-state index contributed by atoms with van der Waals surface area (Å²) in [4.78, 5) is 2.19. The zero-order chi connectivity index (χ0) is 11.9. The Kier molecular flexibility index (Phi) is 4.41. The van der Waals surface area contributed by atoms with E-state index in [9.17, 15) is 0 Å². The Morgan fingerprint density at radius 2 is 1.59 bits per heavy atom. The molecule has 2 aromatic heterocycles. The summed E-state index contributed by atoms with van der Waals surface area (Å²) >= 11 is 0. The number of nitrogens with zero attached hydrogens (tertiary/aromatic N) is 1. The van der Waals surface area contributed by atoms with E-state index in [0.29, 0.717) is 0 Å². The van der Waals surface area contributed by atoms with Crippen molar-refractivity contribution in [1.29, 1.82) is 0 Å². The summed E-state index contributed by atoms with van der Waals surface area (Å²) in [6.45, 7) is 2.48. The van der Waals surface area contributed by atoms with E-state index in [1.807, 2.05) is 24.3 Å². The van der Waals surface area contributed by atoms with Crippen LogP contribution in [0.3, 0.4) is 0 Å². The first-order chi connectivity index (χ1) is 8.38. The van der Waals surface area contributed by atoms with Gasteiger partial charge in [0.15, 0.2) is 0 Å². The van der Waals surface area contributed by atoms with Crippen molar-refractivity contribution in [3.8, 4) is 0 Å². The van der Waals surface area contributed by atoms with Gasteiger partial charge in [-0.25, -0.2) is 0 Å². The van der Waals surface area contributed by atoms with Crippen molar-refractivity contribution in [2.24, 2.45) is 0 Å². The monoisotopic (exact) mass is 235 g/mol. The van der Waals surface area contributed by atoms with E-state index in [1.54, 1.807) is 12.5 Å². The van der Waals surface area contributed by atoms with Crippen molar-refractivity contribution in [2.45, 2.75) is 19.5 Å². The number of furan rings is 2. The van der Waals surface area contributed by atoms with Gasteiger partial charge in [0.1, 0.15) is 11.5 Å². The first kappa shape index (κ1) is 12.0. The molecule has 2 heterocycles. The van der Waals surface area contributed by atoms with E-state index < -0.39 is 0 Å². The molecule has 17 heavy (non-hydrogen) atoms. The van der Waals surface area contributed by atoms with Crippen molar-refractivity contribution in [1.82, 2.24) is 4.90 Å². The molecule has 92 valence electrons. The van der Waals surface area contributed by atoms with Crippen LogP contribution in [0.2, 0.25) is 0 Å². The van der Waals surface area contributed by atoms with Crippen molar-refractivity contribution >= 4 is 0 Å². The van der Waals surface area contributed by atoms with Crippen molar-refractivity contribution in [2.75, 3.05) is 13.2 Å².